The van der Waals surface area contributed by atoms with Crippen LogP contribution in [0.25, 0.3) is 0 Å². The Morgan fingerprint density at radius 2 is 1.73 bits per heavy atom. The highest BCUT2D eigenvalue weighted by Crippen LogP contribution is 2.66. The van der Waals surface area contributed by atoms with Crippen molar-refractivity contribution in [3.8, 4) is 0 Å². The molecule has 3 aliphatic carbocycles. The minimum absolute atomic E-state index is 0.0440. The summed E-state index contributed by atoms with van der Waals surface area (Å²) in [4.78, 5) is 25.9. The standard InChI is InChI=1S/C22H34O4/c1-13-7-8-14-15(13)11-19(2,3)12-16(14)25-18(24)22-10-9-21(6,17(23)26-22)20(22,4)5/h13-16H,7-12H2,1-6H3/t13-,14-,15+,16+,21+,22-/m1/s1. The van der Waals surface area contributed by atoms with Gasteiger partial charge in [-0.2, -0.15) is 0 Å². The summed E-state index contributed by atoms with van der Waals surface area (Å²) in [6.45, 7) is 12.9. The molecule has 1 aliphatic heterocycles. The Morgan fingerprint density at radius 1 is 1.04 bits per heavy atom. The first-order chi connectivity index (χ1) is 11.9. The normalized spacial score (nSPS) is 48.2. The van der Waals surface area contributed by atoms with Gasteiger partial charge in [0.05, 0.1) is 5.41 Å². The van der Waals surface area contributed by atoms with Gasteiger partial charge in [0.15, 0.2) is 0 Å². The van der Waals surface area contributed by atoms with Crippen molar-refractivity contribution in [1.82, 2.24) is 0 Å². The molecule has 26 heavy (non-hydrogen) atoms. The van der Waals surface area contributed by atoms with E-state index in [4.69, 9.17) is 9.47 Å². The van der Waals surface area contributed by atoms with Gasteiger partial charge in [-0.15, -0.1) is 0 Å². The summed E-state index contributed by atoms with van der Waals surface area (Å²) < 4.78 is 11.9. The topological polar surface area (TPSA) is 52.6 Å². The van der Waals surface area contributed by atoms with Gasteiger partial charge in [-0.25, -0.2) is 4.79 Å². The van der Waals surface area contributed by atoms with Crippen molar-refractivity contribution in [3.63, 3.8) is 0 Å². The highest BCUT2D eigenvalue weighted by Gasteiger charge is 2.76. The van der Waals surface area contributed by atoms with Gasteiger partial charge in [-0.05, 0) is 62.2 Å². The van der Waals surface area contributed by atoms with Crippen LogP contribution >= 0.6 is 0 Å². The zero-order valence-electron chi connectivity index (χ0n) is 17.2. The van der Waals surface area contributed by atoms with Crippen LogP contribution in [0.3, 0.4) is 0 Å². The Hall–Kier alpha value is -1.06. The van der Waals surface area contributed by atoms with Crippen molar-refractivity contribution in [2.24, 2.45) is 34.0 Å². The van der Waals surface area contributed by atoms with Gasteiger partial charge >= 0.3 is 11.9 Å². The van der Waals surface area contributed by atoms with Gasteiger partial charge in [-0.1, -0.05) is 41.0 Å². The Balaban J connectivity index is 1.59. The molecule has 0 aromatic heterocycles. The molecule has 1 heterocycles. The van der Waals surface area contributed by atoms with Crippen LogP contribution in [0.2, 0.25) is 0 Å². The number of carbonyl (C=O) groups excluding carboxylic acids is 2. The van der Waals surface area contributed by atoms with Crippen LogP contribution < -0.4 is 0 Å². The molecule has 2 bridgehead atoms. The second kappa shape index (κ2) is 5.26. The fraction of sp³-hybridized carbons (Fsp3) is 0.909. The van der Waals surface area contributed by atoms with E-state index in [0.717, 1.165) is 12.8 Å². The summed E-state index contributed by atoms with van der Waals surface area (Å²) in [5, 5.41) is 0. The van der Waals surface area contributed by atoms with Crippen molar-refractivity contribution < 1.29 is 19.1 Å². The highest BCUT2D eigenvalue weighted by atomic mass is 16.6. The molecule has 0 N–H and O–H groups in total. The smallest absolute Gasteiger partial charge is 0.351 e. The Bertz CT molecular complexity index is 651. The largest absolute Gasteiger partial charge is 0.459 e. The maximum Gasteiger partial charge on any atom is 0.351 e. The summed E-state index contributed by atoms with van der Waals surface area (Å²) in [5.41, 5.74) is -2.02. The number of hydrogen-bond donors (Lipinski definition) is 0. The lowest BCUT2D eigenvalue weighted by molar-refractivity contribution is -0.193. The Kier molecular flexibility index (Phi) is 3.70. The monoisotopic (exact) mass is 362 g/mol. The van der Waals surface area contributed by atoms with E-state index >= 15 is 0 Å². The molecule has 0 amide bonds. The molecule has 0 aromatic carbocycles. The molecule has 0 aromatic rings. The highest BCUT2D eigenvalue weighted by molar-refractivity contribution is 5.93. The second-order valence-corrected chi connectivity index (χ2v) is 11.1. The molecular weight excluding hydrogens is 328 g/mol. The van der Waals surface area contributed by atoms with Crippen LogP contribution in [-0.4, -0.2) is 23.6 Å². The molecule has 4 rings (SSSR count). The summed E-state index contributed by atoms with van der Waals surface area (Å²) in [6, 6.07) is 0. The predicted octanol–water partition coefficient (Wildman–Crippen LogP) is 4.50. The maximum absolute atomic E-state index is 13.4. The molecule has 6 atom stereocenters. The molecule has 4 aliphatic rings. The van der Waals surface area contributed by atoms with Crippen molar-refractivity contribution >= 4 is 11.9 Å². The van der Waals surface area contributed by atoms with Gasteiger partial charge in [0.25, 0.3) is 0 Å². The van der Waals surface area contributed by atoms with Gasteiger partial charge in [0.2, 0.25) is 5.60 Å². The summed E-state index contributed by atoms with van der Waals surface area (Å²) in [5.74, 6) is 1.28. The molecular formula is C22H34O4. The third kappa shape index (κ3) is 2.13. The molecule has 0 spiro atoms. The van der Waals surface area contributed by atoms with Crippen LogP contribution in [0.1, 0.15) is 80.1 Å². The minimum atomic E-state index is -1.10. The van der Waals surface area contributed by atoms with E-state index in [1.807, 2.05) is 20.8 Å². The fourth-order valence-electron chi connectivity index (χ4n) is 6.60. The van der Waals surface area contributed by atoms with Gasteiger partial charge < -0.3 is 9.47 Å². The van der Waals surface area contributed by atoms with Crippen molar-refractivity contribution in [2.75, 3.05) is 0 Å². The molecule has 4 fully saturated rings. The Morgan fingerprint density at radius 3 is 2.31 bits per heavy atom. The molecule has 146 valence electrons. The zero-order valence-corrected chi connectivity index (χ0v) is 17.2. The van der Waals surface area contributed by atoms with Crippen LogP contribution in [0, 0.1) is 34.0 Å². The quantitative estimate of drug-likeness (QED) is 0.679. The lowest BCUT2D eigenvalue weighted by Gasteiger charge is -2.45. The number of esters is 2. The number of hydrogen-bond acceptors (Lipinski definition) is 4. The van der Waals surface area contributed by atoms with Crippen LogP contribution in [0.5, 0.6) is 0 Å². The van der Waals surface area contributed by atoms with Crippen molar-refractivity contribution in [3.05, 3.63) is 0 Å². The Labute approximate surface area is 157 Å². The van der Waals surface area contributed by atoms with E-state index in [1.54, 1.807) is 0 Å². The maximum atomic E-state index is 13.4. The average molecular weight is 363 g/mol. The SMILES string of the molecule is C[C@@H]1CC[C@@H]2[C@H]1CC(C)(C)C[C@@H]2OC(=O)[C@@]12CC[C@@](C)(C(=O)O1)C2(C)C. The van der Waals surface area contributed by atoms with E-state index in [2.05, 4.69) is 20.8 Å². The van der Waals surface area contributed by atoms with E-state index in [-0.39, 0.29) is 23.5 Å². The molecule has 3 saturated carbocycles. The number of carbonyl (C=O) groups is 2. The van der Waals surface area contributed by atoms with Crippen molar-refractivity contribution in [1.29, 1.82) is 0 Å². The van der Waals surface area contributed by atoms with Crippen LogP contribution in [-0.2, 0) is 19.1 Å². The number of fused-ring (bicyclic) bond motifs is 3. The minimum Gasteiger partial charge on any atom is -0.459 e. The number of ether oxygens (including phenoxy) is 2. The van der Waals surface area contributed by atoms with Gasteiger partial charge in [0, 0.05) is 5.41 Å². The summed E-state index contributed by atoms with van der Waals surface area (Å²) in [6.07, 6.45) is 5.74. The van der Waals surface area contributed by atoms with E-state index in [1.165, 1.54) is 12.8 Å². The number of rotatable bonds is 2. The first-order valence-corrected chi connectivity index (χ1v) is 10.4. The molecule has 1 saturated heterocycles. The third-order valence-corrected chi connectivity index (χ3v) is 8.93. The van der Waals surface area contributed by atoms with Crippen molar-refractivity contribution in [2.45, 2.75) is 91.8 Å². The van der Waals surface area contributed by atoms with E-state index < -0.39 is 16.4 Å². The van der Waals surface area contributed by atoms with E-state index in [9.17, 15) is 9.59 Å². The predicted molar refractivity (Wildman–Crippen MR) is 98.2 cm³/mol. The molecule has 0 radical (unpaired) electrons. The lowest BCUT2D eigenvalue weighted by Crippen LogP contribution is -2.52. The molecule has 4 heteroatoms. The van der Waals surface area contributed by atoms with Crippen LogP contribution in [0.15, 0.2) is 0 Å². The lowest BCUT2D eigenvalue weighted by atomic mass is 9.65. The van der Waals surface area contributed by atoms with Gasteiger partial charge in [-0.3, -0.25) is 4.79 Å². The van der Waals surface area contributed by atoms with Crippen LogP contribution in [0.4, 0.5) is 0 Å². The fourth-order valence-corrected chi connectivity index (χ4v) is 6.60. The third-order valence-electron chi connectivity index (χ3n) is 8.93. The molecule has 0 unspecified atom stereocenters. The zero-order chi connectivity index (χ0) is 19.1. The average Bonchev–Trinajstić information content (AvgIpc) is 3.03. The second-order valence-electron chi connectivity index (χ2n) is 11.1. The molecule has 4 nitrogen and oxygen atoms in total. The first kappa shape index (κ1) is 18.3. The summed E-state index contributed by atoms with van der Waals surface area (Å²) in [7, 11) is 0. The first-order valence-electron chi connectivity index (χ1n) is 10.4. The van der Waals surface area contributed by atoms with Gasteiger partial charge in [0.1, 0.15) is 6.10 Å². The van der Waals surface area contributed by atoms with E-state index in [0.29, 0.717) is 30.6 Å². The summed E-state index contributed by atoms with van der Waals surface area (Å²) >= 11 is 0.